The highest BCUT2D eigenvalue weighted by Gasteiger charge is 2.33. The number of amides is 1. The maximum absolute atomic E-state index is 12.8. The molecule has 1 aromatic heterocycles. The number of para-hydroxylation sites is 1. The van der Waals surface area contributed by atoms with Gasteiger partial charge in [-0.25, -0.2) is 4.98 Å². The molecule has 1 aromatic carbocycles. The average Bonchev–Trinajstić information content (AvgIpc) is 3.06. The Labute approximate surface area is 144 Å². The van der Waals surface area contributed by atoms with Gasteiger partial charge in [-0.3, -0.25) is 14.9 Å². The van der Waals surface area contributed by atoms with Gasteiger partial charge in [0.05, 0.1) is 4.92 Å². The summed E-state index contributed by atoms with van der Waals surface area (Å²) in [6, 6.07) is 5.96. The van der Waals surface area contributed by atoms with Crippen molar-refractivity contribution < 1.29 is 14.8 Å². The number of imidazole rings is 1. The lowest BCUT2D eigenvalue weighted by Crippen LogP contribution is -2.42. The van der Waals surface area contributed by atoms with Crippen LogP contribution in [0.4, 0.5) is 5.69 Å². The molecule has 1 aliphatic heterocycles. The van der Waals surface area contributed by atoms with Gasteiger partial charge >= 0.3 is 0 Å². The summed E-state index contributed by atoms with van der Waals surface area (Å²) in [5.74, 6) is 0.0376. The highest BCUT2D eigenvalue weighted by molar-refractivity contribution is 5.98. The zero-order chi connectivity index (χ0) is 18.0. The Morgan fingerprint density at radius 3 is 2.88 bits per heavy atom. The molecule has 1 amide bonds. The highest BCUT2D eigenvalue weighted by Crippen LogP contribution is 2.30. The van der Waals surface area contributed by atoms with Crippen LogP contribution in [0.15, 0.2) is 36.7 Å². The fourth-order valence-electron chi connectivity index (χ4n) is 3.31. The average molecular weight is 344 g/mol. The Balaban J connectivity index is 1.79. The van der Waals surface area contributed by atoms with Crippen LogP contribution < -0.4 is 0 Å². The van der Waals surface area contributed by atoms with Crippen molar-refractivity contribution in [3.63, 3.8) is 0 Å². The molecule has 8 nitrogen and oxygen atoms in total. The molecule has 2 heterocycles. The number of hydrogen-bond donors (Lipinski definition) is 1. The monoisotopic (exact) mass is 344 g/mol. The van der Waals surface area contributed by atoms with Crippen molar-refractivity contribution in [1.29, 1.82) is 0 Å². The standard InChI is InChI=1S/C17H20N4O4/c1-19-10-8-18-16(19)15(22)12-5-4-9-20(11-12)17(23)13-6-2-3-7-14(13)21(24)25/h2-3,6-8,10,12,15,22H,4-5,9,11H2,1H3. The number of aliphatic hydroxyl groups is 1. The van der Waals surface area contributed by atoms with Crippen molar-refractivity contribution in [2.45, 2.75) is 18.9 Å². The van der Waals surface area contributed by atoms with Gasteiger partial charge in [0.1, 0.15) is 17.5 Å². The van der Waals surface area contributed by atoms with Crippen molar-refractivity contribution in [3.8, 4) is 0 Å². The van der Waals surface area contributed by atoms with E-state index in [1.54, 1.807) is 34.0 Å². The SMILES string of the molecule is Cn1ccnc1C(O)C1CCCN(C(=O)c2ccccc2[N+](=O)[O-])C1. The van der Waals surface area contributed by atoms with Crippen LogP contribution in [0.25, 0.3) is 0 Å². The number of nitro groups is 1. The molecular formula is C17H20N4O4. The second-order valence-corrected chi connectivity index (χ2v) is 6.27. The number of benzene rings is 1. The van der Waals surface area contributed by atoms with E-state index in [0.717, 1.165) is 12.8 Å². The number of nitrogens with zero attached hydrogens (tertiary/aromatic N) is 4. The number of nitro benzene ring substituents is 1. The van der Waals surface area contributed by atoms with Gasteiger partial charge in [-0.2, -0.15) is 0 Å². The molecule has 0 spiro atoms. The Morgan fingerprint density at radius 1 is 1.44 bits per heavy atom. The van der Waals surface area contributed by atoms with E-state index in [1.165, 1.54) is 12.1 Å². The molecule has 1 N–H and O–H groups in total. The molecule has 8 heteroatoms. The maximum atomic E-state index is 12.8. The zero-order valence-corrected chi connectivity index (χ0v) is 13.9. The van der Waals surface area contributed by atoms with Gasteiger partial charge in [0.25, 0.3) is 11.6 Å². The van der Waals surface area contributed by atoms with Crippen molar-refractivity contribution in [2.24, 2.45) is 13.0 Å². The number of rotatable bonds is 4. The molecule has 1 saturated heterocycles. The van der Waals surface area contributed by atoms with Crippen LogP contribution in [0, 0.1) is 16.0 Å². The Bertz CT molecular complexity index is 788. The Morgan fingerprint density at radius 2 is 2.20 bits per heavy atom. The van der Waals surface area contributed by atoms with Crippen LogP contribution >= 0.6 is 0 Å². The van der Waals surface area contributed by atoms with Gasteiger partial charge in [-0.15, -0.1) is 0 Å². The molecule has 1 fully saturated rings. The van der Waals surface area contributed by atoms with Crippen LogP contribution in [0.5, 0.6) is 0 Å². The predicted molar refractivity (Wildman–Crippen MR) is 89.9 cm³/mol. The summed E-state index contributed by atoms with van der Waals surface area (Å²) >= 11 is 0. The second-order valence-electron chi connectivity index (χ2n) is 6.27. The maximum Gasteiger partial charge on any atom is 0.282 e. The van der Waals surface area contributed by atoms with Crippen molar-refractivity contribution in [1.82, 2.24) is 14.5 Å². The molecule has 132 valence electrons. The number of piperidine rings is 1. The first kappa shape index (κ1) is 17.1. The summed E-state index contributed by atoms with van der Waals surface area (Å²) in [6.45, 7) is 0.869. The van der Waals surface area contributed by atoms with Gasteiger partial charge in [0.15, 0.2) is 0 Å². The lowest BCUT2D eigenvalue weighted by atomic mass is 9.91. The van der Waals surface area contributed by atoms with Crippen LogP contribution in [0.2, 0.25) is 0 Å². The fourth-order valence-corrected chi connectivity index (χ4v) is 3.31. The van der Waals surface area contributed by atoms with Crippen molar-refractivity contribution in [2.75, 3.05) is 13.1 Å². The van der Waals surface area contributed by atoms with E-state index in [-0.39, 0.29) is 23.1 Å². The van der Waals surface area contributed by atoms with E-state index in [2.05, 4.69) is 4.98 Å². The Hall–Kier alpha value is -2.74. The first-order valence-corrected chi connectivity index (χ1v) is 8.17. The number of carbonyl (C=O) groups excluding carboxylic acids is 1. The minimum absolute atomic E-state index is 0.0830. The largest absolute Gasteiger partial charge is 0.385 e. The van der Waals surface area contributed by atoms with E-state index >= 15 is 0 Å². The summed E-state index contributed by atoms with van der Waals surface area (Å²) in [7, 11) is 1.81. The molecule has 1 aliphatic rings. The smallest absolute Gasteiger partial charge is 0.282 e. The number of aliphatic hydroxyl groups excluding tert-OH is 1. The first-order chi connectivity index (χ1) is 12.0. The molecule has 2 unspecified atom stereocenters. The molecule has 0 radical (unpaired) electrons. The molecule has 0 saturated carbocycles. The van der Waals surface area contributed by atoms with Gasteiger partial charge < -0.3 is 14.6 Å². The summed E-state index contributed by atoms with van der Waals surface area (Å²) < 4.78 is 1.76. The van der Waals surface area contributed by atoms with E-state index in [9.17, 15) is 20.0 Å². The number of aryl methyl sites for hydroxylation is 1. The van der Waals surface area contributed by atoms with Crippen LogP contribution in [-0.2, 0) is 7.05 Å². The number of hydrogen-bond acceptors (Lipinski definition) is 5. The molecule has 2 aromatic rings. The minimum Gasteiger partial charge on any atom is -0.385 e. The molecule has 25 heavy (non-hydrogen) atoms. The summed E-state index contributed by atoms with van der Waals surface area (Å²) in [5, 5.41) is 21.8. The van der Waals surface area contributed by atoms with Gasteiger partial charge in [-0.1, -0.05) is 12.1 Å². The molecule has 2 atom stereocenters. The van der Waals surface area contributed by atoms with Gasteiger partial charge in [0, 0.05) is 44.5 Å². The summed E-state index contributed by atoms with van der Waals surface area (Å²) in [4.78, 5) is 29.1. The number of carbonyl (C=O) groups is 1. The van der Waals surface area contributed by atoms with Crippen molar-refractivity contribution in [3.05, 3.63) is 58.2 Å². The van der Waals surface area contributed by atoms with Gasteiger partial charge in [0.2, 0.25) is 0 Å². The quantitative estimate of drug-likeness (QED) is 0.674. The summed E-state index contributed by atoms with van der Waals surface area (Å²) in [5.41, 5.74) is -0.112. The van der Waals surface area contributed by atoms with Crippen LogP contribution in [-0.4, -0.2) is 43.5 Å². The summed E-state index contributed by atoms with van der Waals surface area (Å²) in [6.07, 6.45) is 4.11. The van der Waals surface area contributed by atoms with Gasteiger partial charge in [-0.05, 0) is 18.9 Å². The second kappa shape index (κ2) is 7.02. The minimum atomic E-state index is -0.777. The molecule has 0 bridgehead atoms. The van der Waals surface area contributed by atoms with E-state index in [0.29, 0.717) is 18.9 Å². The van der Waals surface area contributed by atoms with Crippen molar-refractivity contribution >= 4 is 11.6 Å². The molecule has 0 aliphatic carbocycles. The zero-order valence-electron chi connectivity index (χ0n) is 13.9. The lowest BCUT2D eigenvalue weighted by molar-refractivity contribution is -0.385. The van der Waals surface area contributed by atoms with E-state index in [4.69, 9.17) is 0 Å². The van der Waals surface area contributed by atoms with E-state index in [1.807, 2.05) is 7.05 Å². The van der Waals surface area contributed by atoms with E-state index < -0.39 is 11.0 Å². The topological polar surface area (TPSA) is 102 Å². The number of likely N-dealkylation sites (tertiary alicyclic amines) is 1. The third-order valence-corrected chi connectivity index (χ3v) is 4.65. The third-order valence-electron chi connectivity index (χ3n) is 4.65. The van der Waals surface area contributed by atoms with Crippen LogP contribution in [0.3, 0.4) is 0 Å². The third kappa shape index (κ3) is 3.39. The normalized spacial score (nSPS) is 18.8. The highest BCUT2D eigenvalue weighted by atomic mass is 16.6. The number of aromatic nitrogens is 2. The fraction of sp³-hybridized carbons (Fsp3) is 0.412. The first-order valence-electron chi connectivity index (χ1n) is 8.17. The molecular weight excluding hydrogens is 324 g/mol. The molecule has 3 rings (SSSR count). The lowest BCUT2D eigenvalue weighted by Gasteiger charge is -2.34. The Kier molecular flexibility index (Phi) is 4.80. The van der Waals surface area contributed by atoms with Crippen LogP contribution in [0.1, 0.15) is 35.1 Å². The predicted octanol–water partition coefficient (Wildman–Crippen LogP) is 1.91.